The van der Waals surface area contributed by atoms with Gasteiger partial charge in [-0.05, 0) is 38.1 Å². The van der Waals surface area contributed by atoms with Gasteiger partial charge in [-0.25, -0.2) is 4.79 Å². The van der Waals surface area contributed by atoms with Crippen LogP contribution in [0.4, 0.5) is 0 Å². The third-order valence-corrected chi connectivity index (χ3v) is 4.11. The molecule has 2 unspecified atom stereocenters. The molecule has 1 aromatic heterocycles. The van der Waals surface area contributed by atoms with Crippen LogP contribution in [0.1, 0.15) is 24.9 Å². The molecule has 0 bridgehead atoms. The number of rotatable bonds is 4. The summed E-state index contributed by atoms with van der Waals surface area (Å²) in [7, 11) is 1.96. The van der Waals surface area contributed by atoms with Crippen molar-refractivity contribution in [3.8, 4) is 0 Å². The Morgan fingerprint density at radius 3 is 3.00 bits per heavy atom. The molecule has 2 atom stereocenters. The minimum absolute atomic E-state index is 0.233. The van der Waals surface area contributed by atoms with Crippen molar-refractivity contribution in [1.82, 2.24) is 9.88 Å². The fraction of sp³-hybridized carbons (Fsp3) is 0.533. The minimum Gasteiger partial charge on any atom is -0.408 e. The monoisotopic (exact) mass is 276 g/mol. The maximum absolute atomic E-state index is 11.7. The minimum atomic E-state index is -0.287. The highest BCUT2D eigenvalue weighted by atomic mass is 16.5. The second kappa shape index (κ2) is 5.42. The zero-order valence-corrected chi connectivity index (χ0v) is 11.9. The highest BCUT2D eigenvalue weighted by Gasteiger charge is 2.26. The Kier molecular flexibility index (Phi) is 3.63. The molecule has 1 saturated heterocycles. The number of hydrogen-bond donors (Lipinski definition) is 1. The van der Waals surface area contributed by atoms with Gasteiger partial charge in [-0.1, -0.05) is 6.07 Å². The van der Waals surface area contributed by atoms with E-state index in [-0.39, 0.29) is 11.8 Å². The van der Waals surface area contributed by atoms with E-state index in [4.69, 9.17) is 9.15 Å². The number of benzene rings is 1. The molecule has 2 heterocycles. The number of fused-ring (bicyclic) bond motifs is 1. The maximum Gasteiger partial charge on any atom is 0.419 e. The molecule has 0 aliphatic carbocycles. The topological polar surface area (TPSA) is 56.4 Å². The quantitative estimate of drug-likeness (QED) is 0.927. The lowest BCUT2D eigenvalue weighted by molar-refractivity contribution is 0.178. The number of oxazole rings is 1. The molecule has 1 fully saturated rings. The highest BCUT2D eigenvalue weighted by molar-refractivity contribution is 5.74. The van der Waals surface area contributed by atoms with Crippen LogP contribution in [-0.4, -0.2) is 24.8 Å². The van der Waals surface area contributed by atoms with E-state index < -0.39 is 0 Å². The van der Waals surface area contributed by atoms with Crippen molar-refractivity contribution < 1.29 is 9.15 Å². The Hall–Kier alpha value is -1.59. The second-order valence-corrected chi connectivity index (χ2v) is 5.23. The zero-order valence-electron chi connectivity index (χ0n) is 11.9. The van der Waals surface area contributed by atoms with Crippen molar-refractivity contribution in [3.05, 3.63) is 34.3 Å². The normalized spacial score (nSPS) is 20.6. The predicted molar refractivity (Wildman–Crippen MR) is 76.9 cm³/mol. The molecule has 1 N–H and O–H groups in total. The molecular formula is C15H20N2O3. The van der Waals surface area contributed by atoms with Crippen LogP contribution in [0.15, 0.2) is 27.4 Å². The molecule has 20 heavy (non-hydrogen) atoms. The molecule has 0 spiro atoms. The first-order valence-corrected chi connectivity index (χ1v) is 7.13. The number of nitrogens with one attached hydrogen (secondary N) is 1. The Morgan fingerprint density at radius 1 is 1.50 bits per heavy atom. The number of aromatic nitrogens is 1. The molecule has 5 heteroatoms. The van der Waals surface area contributed by atoms with Crippen molar-refractivity contribution >= 4 is 11.1 Å². The van der Waals surface area contributed by atoms with Crippen molar-refractivity contribution in [2.75, 3.05) is 20.3 Å². The summed E-state index contributed by atoms with van der Waals surface area (Å²) in [6.07, 6.45) is 1.06. The zero-order chi connectivity index (χ0) is 14.1. The van der Waals surface area contributed by atoms with Crippen LogP contribution in [-0.2, 0) is 11.3 Å². The molecule has 0 saturated carbocycles. The van der Waals surface area contributed by atoms with E-state index in [0.29, 0.717) is 18.0 Å². The van der Waals surface area contributed by atoms with Gasteiger partial charge in [0.05, 0.1) is 12.1 Å². The van der Waals surface area contributed by atoms with E-state index in [1.807, 2.05) is 26.1 Å². The molecule has 3 rings (SSSR count). The van der Waals surface area contributed by atoms with E-state index in [1.165, 1.54) is 0 Å². The molecule has 5 nitrogen and oxygen atoms in total. The van der Waals surface area contributed by atoms with Gasteiger partial charge < -0.3 is 14.5 Å². The molecule has 108 valence electrons. The summed E-state index contributed by atoms with van der Waals surface area (Å²) in [6, 6.07) is 6.25. The van der Waals surface area contributed by atoms with E-state index in [1.54, 1.807) is 4.57 Å². The van der Waals surface area contributed by atoms with Gasteiger partial charge in [0.25, 0.3) is 0 Å². The lowest BCUT2D eigenvalue weighted by Crippen LogP contribution is -2.25. The van der Waals surface area contributed by atoms with Gasteiger partial charge >= 0.3 is 5.76 Å². The van der Waals surface area contributed by atoms with Crippen LogP contribution < -0.4 is 11.1 Å². The lowest BCUT2D eigenvalue weighted by Gasteiger charge is -2.22. The molecule has 1 aliphatic heterocycles. The van der Waals surface area contributed by atoms with Crippen molar-refractivity contribution in [1.29, 1.82) is 0 Å². The van der Waals surface area contributed by atoms with E-state index in [9.17, 15) is 4.79 Å². The predicted octanol–water partition coefficient (Wildman–Crippen LogP) is 1.91. The van der Waals surface area contributed by atoms with Crippen LogP contribution >= 0.6 is 0 Å². The van der Waals surface area contributed by atoms with E-state index >= 15 is 0 Å². The van der Waals surface area contributed by atoms with E-state index in [2.05, 4.69) is 11.4 Å². The Bertz CT molecular complexity index is 653. The van der Waals surface area contributed by atoms with Crippen LogP contribution in [0.25, 0.3) is 11.1 Å². The van der Waals surface area contributed by atoms with Gasteiger partial charge in [0, 0.05) is 25.1 Å². The summed E-state index contributed by atoms with van der Waals surface area (Å²) in [5.74, 6) is 0.183. The summed E-state index contributed by atoms with van der Waals surface area (Å²) in [5, 5.41) is 3.35. The smallest absolute Gasteiger partial charge is 0.408 e. The van der Waals surface area contributed by atoms with Crippen LogP contribution in [0.2, 0.25) is 0 Å². The molecule has 1 aromatic carbocycles. The van der Waals surface area contributed by atoms with Crippen molar-refractivity contribution in [3.63, 3.8) is 0 Å². The average Bonchev–Trinajstić information content (AvgIpc) is 3.06. The van der Waals surface area contributed by atoms with Crippen LogP contribution in [0.5, 0.6) is 0 Å². The third-order valence-electron chi connectivity index (χ3n) is 4.11. The largest absolute Gasteiger partial charge is 0.419 e. The van der Waals surface area contributed by atoms with Gasteiger partial charge in [0.15, 0.2) is 5.58 Å². The van der Waals surface area contributed by atoms with Gasteiger partial charge in [0.1, 0.15) is 0 Å². The van der Waals surface area contributed by atoms with E-state index in [0.717, 1.165) is 30.7 Å². The number of ether oxygens (including phenoxy) is 1. The Labute approximate surface area is 117 Å². The molecular weight excluding hydrogens is 256 g/mol. The van der Waals surface area contributed by atoms with Gasteiger partial charge in [-0.2, -0.15) is 0 Å². The highest BCUT2D eigenvalue weighted by Crippen LogP contribution is 2.30. The summed E-state index contributed by atoms with van der Waals surface area (Å²) >= 11 is 0. The first-order valence-electron chi connectivity index (χ1n) is 7.13. The summed E-state index contributed by atoms with van der Waals surface area (Å²) in [4.78, 5) is 11.7. The number of aryl methyl sites for hydroxylation is 1. The lowest BCUT2D eigenvalue weighted by atomic mass is 9.92. The fourth-order valence-corrected chi connectivity index (χ4v) is 3.07. The first-order chi connectivity index (χ1) is 9.74. The first kappa shape index (κ1) is 13.4. The standard InChI is InChI=1S/C15H20N2O3/c1-3-17-12-5-4-10(8-13(12)20-15(17)18)14(16-2)11-6-7-19-9-11/h4-5,8,11,14,16H,3,6-7,9H2,1-2H3. The Morgan fingerprint density at radius 2 is 2.35 bits per heavy atom. The maximum atomic E-state index is 11.7. The van der Waals surface area contributed by atoms with Gasteiger partial charge in [-0.15, -0.1) is 0 Å². The fourth-order valence-electron chi connectivity index (χ4n) is 3.07. The van der Waals surface area contributed by atoms with Gasteiger partial charge in [0.2, 0.25) is 0 Å². The number of hydrogen-bond acceptors (Lipinski definition) is 4. The van der Waals surface area contributed by atoms with Crippen LogP contribution in [0.3, 0.4) is 0 Å². The average molecular weight is 276 g/mol. The second-order valence-electron chi connectivity index (χ2n) is 5.23. The molecule has 0 amide bonds. The summed E-state index contributed by atoms with van der Waals surface area (Å²) in [6.45, 7) is 4.17. The summed E-state index contributed by atoms with van der Waals surface area (Å²) < 4.78 is 12.5. The van der Waals surface area contributed by atoms with Crippen LogP contribution in [0, 0.1) is 5.92 Å². The van der Waals surface area contributed by atoms with Crippen molar-refractivity contribution in [2.45, 2.75) is 25.9 Å². The molecule has 1 aliphatic rings. The Balaban J connectivity index is 2.01. The number of nitrogens with zero attached hydrogens (tertiary/aromatic N) is 1. The molecule has 0 radical (unpaired) electrons. The summed E-state index contributed by atoms with van der Waals surface area (Å²) in [5.41, 5.74) is 2.67. The molecule has 2 aromatic rings. The van der Waals surface area contributed by atoms with Gasteiger partial charge in [-0.3, -0.25) is 4.57 Å². The third kappa shape index (κ3) is 2.17. The van der Waals surface area contributed by atoms with Crippen molar-refractivity contribution in [2.24, 2.45) is 5.92 Å². The SMILES string of the molecule is CCn1c(=O)oc2cc(C(NC)C3CCOC3)ccc21.